The minimum Gasteiger partial charge on any atom is -0.388 e. The summed E-state index contributed by atoms with van der Waals surface area (Å²) in [5, 5.41) is 3.24. The van der Waals surface area contributed by atoms with Gasteiger partial charge in [-0.15, -0.1) is 11.3 Å². The first-order valence-corrected chi connectivity index (χ1v) is 5.92. The van der Waals surface area contributed by atoms with Crippen LogP contribution in [0.1, 0.15) is 10.6 Å². The van der Waals surface area contributed by atoms with Crippen molar-refractivity contribution in [1.29, 1.82) is 0 Å². The number of anilines is 1. The second-order valence-electron chi connectivity index (χ2n) is 3.09. The largest absolute Gasteiger partial charge is 0.388 e. The Morgan fingerprint density at radius 2 is 2.44 bits per heavy atom. The van der Waals surface area contributed by atoms with Crippen molar-refractivity contribution in [2.45, 2.75) is 6.54 Å². The molecule has 6 heteroatoms. The average molecular weight is 250 g/mol. The van der Waals surface area contributed by atoms with E-state index in [0.717, 1.165) is 10.6 Å². The predicted molar refractivity (Wildman–Crippen MR) is 69.6 cm³/mol. The standard InChI is InChI=1S/C10H10N4S2/c11-10(15)9-8(2-1-3-13-9)14-5-7-4-12-6-16-7/h1-4,6,14H,5H2,(H2,11,15). The topological polar surface area (TPSA) is 63.8 Å². The highest BCUT2D eigenvalue weighted by atomic mass is 32.1. The van der Waals surface area contributed by atoms with Crippen LogP contribution < -0.4 is 11.1 Å². The quantitative estimate of drug-likeness (QED) is 0.810. The van der Waals surface area contributed by atoms with Gasteiger partial charge in [0.1, 0.15) is 10.7 Å². The highest BCUT2D eigenvalue weighted by Gasteiger charge is 2.05. The number of nitrogens with zero attached hydrogens (tertiary/aromatic N) is 2. The third-order valence-corrected chi connectivity index (χ3v) is 2.95. The van der Waals surface area contributed by atoms with Crippen LogP contribution in [0.3, 0.4) is 0 Å². The van der Waals surface area contributed by atoms with Crippen molar-refractivity contribution in [3.8, 4) is 0 Å². The van der Waals surface area contributed by atoms with Crippen molar-refractivity contribution in [3.63, 3.8) is 0 Å². The Morgan fingerprint density at radius 1 is 1.56 bits per heavy atom. The molecule has 0 saturated heterocycles. The molecule has 0 fully saturated rings. The maximum atomic E-state index is 5.58. The molecule has 0 amide bonds. The summed E-state index contributed by atoms with van der Waals surface area (Å²) in [6, 6.07) is 3.75. The van der Waals surface area contributed by atoms with Crippen LogP contribution in [0.15, 0.2) is 30.0 Å². The number of hydrogen-bond acceptors (Lipinski definition) is 5. The molecule has 0 bridgehead atoms. The molecule has 82 valence electrons. The highest BCUT2D eigenvalue weighted by Crippen LogP contribution is 2.14. The summed E-state index contributed by atoms with van der Waals surface area (Å²) in [4.78, 5) is 9.59. The molecule has 0 aliphatic rings. The van der Waals surface area contributed by atoms with Crippen LogP contribution in [-0.4, -0.2) is 15.0 Å². The summed E-state index contributed by atoms with van der Waals surface area (Å²) in [5.41, 5.74) is 8.86. The van der Waals surface area contributed by atoms with Gasteiger partial charge in [-0.25, -0.2) is 0 Å². The van der Waals surface area contributed by atoms with Crippen LogP contribution >= 0.6 is 23.6 Å². The molecule has 0 radical (unpaired) electrons. The van der Waals surface area contributed by atoms with Crippen molar-refractivity contribution >= 4 is 34.2 Å². The zero-order valence-electron chi connectivity index (χ0n) is 8.38. The molecule has 0 atom stereocenters. The summed E-state index contributed by atoms with van der Waals surface area (Å²) in [5.74, 6) is 0. The Labute approximate surface area is 103 Å². The second-order valence-corrected chi connectivity index (χ2v) is 4.50. The van der Waals surface area contributed by atoms with Crippen LogP contribution in [0, 0.1) is 0 Å². The molecule has 0 saturated carbocycles. The van der Waals surface area contributed by atoms with Crippen molar-refractivity contribution < 1.29 is 0 Å². The van der Waals surface area contributed by atoms with Gasteiger partial charge < -0.3 is 11.1 Å². The molecular weight excluding hydrogens is 240 g/mol. The fourth-order valence-electron chi connectivity index (χ4n) is 1.26. The van der Waals surface area contributed by atoms with Crippen molar-refractivity contribution in [2.75, 3.05) is 5.32 Å². The maximum Gasteiger partial charge on any atom is 0.124 e. The molecule has 0 spiro atoms. The van der Waals surface area contributed by atoms with E-state index >= 15 is 0 Å². The van der Waals surface area contributed by atoms with Gasteiger partial charge in [-0.1, -0.05) is 12.2 Å². The van der Waals surface area contributed by atoms with E-state index in [2.05, 4.69) is 15.3 Å². The zero-order valence-corrected chi connectivity index (χ0v) is 10.0. The zero-order chi connectivity index (χ0) is 11.4. The van der Waals surface area contributed by atoms with E-state index in [1.54, 1.807) is 23.0 Å². The molecule has 2 heterocycles. The lowest BCUT2D eigenvalue weighted by atomic mass is 10.3. The van der Waals surface area contributed by atoms with Gasteiger partial charge in [0.25, 0.3) is 0 Å². The lowest BCUT2D eigenvalue weighted by Crippen LogP contribution is -2.14. The monoisotopic (exact) mass is 250 g/mol. The summed E-state index contributed by atoms with van der Waals surface area (Å²) >= 11 is 6.53. The molecule has 2 rings (SSSR count). The van der Waals surface area contributed by atoms with Gasteiger partial charge in [0.05, 0.1) is 17.7 Å². The van der Waals surface area contributed by atoms with Gasteiger partial charge in [0, 0.05) is 17.3 Å². The summed E-state index contributed by atoms with van der Waals surface area (Å²) < 4.78 is 0. The fraction of sp³-hybridized carbons (Fsp3) is 0.100. The summed E-state index contributed by atoms with van der Waals surface area (Å²) in [6.07, 6.45) is 3.50. The van der Waals surface area contributed by atoms with Gasteiger partial charge >= 0.3 is 0 Å². The van der Waals surface area contributed by atoms with Gasteiger partial charge in [-0.3, -0.25) is 9.97 Å². The fourth-order valence-corrected chi connectivity index (χ4v) is 1.95. The lowest BCUT2D eigenvalue weighted by molar-refractivity contribution is 1.15. The average Bonchev–Trinajstić information content (AvgIpc) is 2.79. The van der Waals surface area contributed by atoms with E-state index in [-0.39, 0.29) is 0 Å². The Hall–Kier alpha value is -1.53. The number of rotatable bonds is 4. The van der Waals surface area contributed by atoms with Gasteiger partial charge in [0.2, 0.25) is 0 Å². The Morgan fingerprint density at radius 3 is 3.12 bits per heavy atom. The normalized spacial score (nSPS) is 10.0. The van der Waals surface area contributed by atoms with Gasteiger partial charge in [-0.2, -0.15) is 0 Å². The smallest absolute Gasteiger partial charge is 0.124 e. The minimum absolute atomic E-state index is 0.299. The SMILES string of the molecule is NC(=S)c1ncccc1NCc1cncs1. The number of hydrogen-bond donors (Lipinski definition) is 2. The number of aromatic nitrogens is 2. The first-order chi connectivity index (χ1) is 7.77. The van der Waals surface area contributed by atoms with Crippen molar-refractivity contribution in [3.05, 3.63) is 40.6 Å². The maximum absolute atomic E-state index is 5.58. The van der Waals surface area contributed by atoms with Gasteiger partial charge in [0.15, 0.2) is 0 Å². The molecule has 0 aliphatic heterocycles. The van der Waals surface area contributed by atoms with E-state index in [4.69, 9.17) is 18.0 Å². The van der Waals surface area contributed by atoms with Crippen LogP contribution in [0.5, 0.6) is 0 Å². The molecular formula is C10H10N4S2. The first kappa shape index (κ1) is 11.0. The molecule has 4 nitrogen and oxygen atoms in total. The third-order valence-electron chi connectivity index (χ3n) is 1.98. The number of nitrogens with two attached hydrogens (primary N) is 1. The van der Waals surface area contributed by atoms with Crippen LogP contribution in [-0.2, 0) is 6.54 Å². The number of thiocarbonyl (C=S) groups is 1. The molecule has 2 aromatic heterocycles. The van der Waals surface area contributed by atoms with E-state index < -0.39 is 0 Å². The second kappa shape index (κ2) is 5.00. The number of nitrogens with one attached hydrogen (secondary N) is 1. The van der Waals surface area contributed by atoms with E-state index in [1.807, 2.05) is 18.3 Å². The summed E-state index contributed by atoms with van der Waals surface area (Å²) in [7, 11) is 0. The van der Waals surface area contributed by atoms with Gasteiger partial charge in [-0.05, 0) is 12.1 Å². The third kappa shape index (κ3) is 2.53. The molecule has 0 unspecified atom stereocenters. The molecule has 0 aromatic carbocycles. The van der Waals surface area contributed by atoms with E-state index in [1.165, 1.54) is 0 Å². The van der Waals surface area contributed by atoms with Crippen LogP contribution in [0.25, 0.3) is 0 Å². The molecule has 16 heavy (non-hydrogen) atoms. The first-order valence-electron chi connectivity index (χ1n) is 4.63. The van der Waals surface area contributed by atoms with Crippen molar-refractivity contribution in [1.82, 2.24) is 9.97 Å². The van der Waals surface area contributed by atoms with E-state index in [0.29, 0.717) is 17.2 Å². The van der Waals surface area contributed by atoms with Crippen molar-refractivity contribution in [2.24, 2.45) is 5.73 Å². The lowest BCUT2D eigenvalue weighted by Gasteiger charge is -2.08. The predicted octanol–water partition coefficient (Wildman–Crippen LogP) is 1.78. The minimum atomic E-state index is 0.299. The summed E-state index contributed by atoms with van der Waals surface area (Å²) in [6.45, 7) is 0.700. The molecule has 0 aliphatic carbocycles. The number of thiazole rings is 1. The number of pyridine rings is 1. The highest BCUT2D eigenvalue weighted by molar-refractivity contribution is 7.80. The molecule has 2 aromatic rings. The molecule has 3 N–H and O–H groups in total. The Balaban J connectivity index is 2.12. The van der Waals surface area contributed by atoms with E-state index in [9.17, 15) is 0 Å². The van der Waals surface area contributed by atoms with Crippen LogP contribution in [0.4, 0.5) is 5.69 Å². The Bertz CT molecular complexity index is 481. The van der Waals surface area contributed by atoms with Crippen LogP contribution in [0.2, 0.25) is 0 Å². The Kier molecular flexibility index (Phi) is 3.43.